The van der Waals surface area contributed by atoms with Crippen LogP contribution in [0.15, 0.2) is 16.6 Å². The molecule has 0 amide bonds. The van der Waals surface area contributed by atoms with Crippen LogP contribution in [-0.4, -0.2) is 67.6 Å². The van der Waals surface area contributed by atoms with Gasteiger partial charge in [-0.1, -0.05) is 60.1 Å². The number of hydrogen-bond acceptors (Lipinski definition) is 6. The van der Waals surface area contributed by atoms with Crippen LogP contribution < -0.4 is 11.1 Å². The molecule has 0 spiro atoms. The van der Waals surface area contributed by atoms with E-state index in [2.05, 4.69) is 64.9 Å². The number of carboxylic acids is 1. The van der Waals surface area contributed by atoms with Gasteiger partial charge in [0, 0.05) is 23.8 Å². The van der Waals surface area contributed by atoms with Gasteiger partial charge in [-0.2, -0.15) is 0 Å². The zero-order chi connectivity index (χ0) is 34.7. The quantitative estimate of drug-likeness (QED) is 0.0878. The summed E-state index contributed by atoms with van der Waals surface area (Å²) in [5.41, 5.74) is 5.98. The minimum atomic E-state index is -0.649. The van der Waals surface area contributed by atoms with Gasteiger partial charge in [0.15, 0.2) is 5.96 Å². The van der Waals surface area contributed by atoms with Gasteiger partial charge in [0.25, 0.3) is 0 Å². The molecular weight excluding hydrogens is 594 g/mol. The van der Waals surface area contributed by atoms with Crippen LogP contribution in [-0.2, 0) is 23.8 Å². The first-order valence-electron chi connectivity index (χ1n) is 18.2. The molecule has 5 aliphatic rings. The van der Waals surface area contributed by atoms with Crippen molar-refractivity contribution in [3.05, 3.63) is 11.6 Å². The van der Waals surface area contributed by atoms with Crippen LogP contribution in [0, 0.1) is 56.7 Å². The number of aliphatic imine (C=N–C) groups is 1. The van der Waals surface area contributed by atoms with Crippen molar-refractivity contribution in [2.75, 3.05) is 26.4 Å². The number of nitrogens with one attached hydrogen (secondary N) is 1. The van der Waals surface area contributed by atoms with Crippen molar-refractivity contribution < 1.29 is 28.9 Å². The Bertz CT molecular complexity index is 1280. The first-order valence-corrected chi connectivity index (χ1v) is 18.2. The van der Waals surface area contributed by atoms with E-state index in [9.17, 15) is 14.7 Å². The molecule has 9 nitrogen and oxygen atoms in total. The van der Waals surface area contributed by atoms with E-state index >= 15 is 0 Å². The van der Waals surface area contributed by atoms with E-state index in [1.165, 1.54) is 12.5 Å². The Kier molecular flexibility index (Phi) is 9.72. The van der Waals surface area contributed by atoms with Crippen molar-refractivity contribution in [1.82, 2.24) is 5.32 Å². The molecule has 0 radical (unpaired) electrons. The Hall–Kier alpha value is -2.13. The average molecular weight is 658 g/mol. The molecule has 3 saturated carbocycles. The molecule has 0 aromatic rings. The fraction of sp³-hybridized carbons (Fsp3) is 0.868. The topological polar surface area (TPSA) is 132 Å². The smallest absolute Gasteiger partial charge is 0.307 e. The molecule has 1 aliphatic heterocycles. The molecule has 11 atom stereocenters. The van der Waals surface area contributed by atoms with E-state index in [0.717, 1.165) is 32.1 Å². The van der Waals surface area contributed by atoms with Crippen molar-refractivity contribution in [3.63, 3.8) is 0 Å². The second kappa shape index (κ2) is 12.6. The maximum Gasteiger partial charge on any atom is 0.307 e. The van der Waals surface area contributed by atoms with Crippen LogP contribution in [0.2, 0.25) is 0 Å². The number of nitrogens with two attached hydrogens (primary N) is 1. The van der Waals surface area contributed by atoms with Crippen LogP contribution in [0.1, 0.15) is 108 Å². The number of allylic oxidation sites excluding steroid dienone is 1. The van der Waals surface area contributed by atoms with Gasteiger partial charge >= 0.3 is 11.9 Å². The lowest BCUT2D eigenvalue weighted by Crippen LogP contribution is -2.70. The molecule has 47 heavy (non-hydrogen) atoms. The van der Waals surface area contributed by atoms with E-state index in [4.69, 9.17) is 19.9 Å². The van der Waals surface area contributed by atoms with Crippen LogP contribution in [0.3, 0.4) is 0 Å². The number of guanidine groups is 1. The lowest BCUT2D eigenvalue weighted by atomic mass is 9.34. The summed E-state index contributed by atoms with van der Waals surface area (Å²) < 4.78 is 19.3. The Morgan fingerprint density at radius 2 is 1.79 bits per heavy atom. The standard InChI is InChI=1S/C38H63N3O6/c1-22(2)24(5)34(7)15-16-36(9)26-11-12-29-35(8)20-45-21-38(29,27(26)13-14-37(36,10)30(34)32(43)44)19-28(47-25(6)42)31(35)46-18-17-40-33(39)41-23(3)4/h13,22-24,26,28-31H,11-12,14-21H2,1-10H3,(H,43,44)(H3,39,40,41)/t24-,26+,28-,29+,30-,31+,34-,35-,36-,37+,38+/m1/s1. The summed E-state index contributed by atoms with van der Waals surface area (Å²) in [7, 11) is 0. The van der Waals surface area contributed by atoms with Crippen molar-refractivity contribution in [3.8, 4) is 0 Å². The summed E-state index contributed by atoms with van der Waals surface area (Å²) in [5, 5.41) is 14.1. The van der Waals surface area contributed by atoms with Crippen LogP contribution in [0.5, 0.6) is 0 Å². The third-order valence-corrected chi connectivity index (χ3v) is 14.5. The maximum atomic E-state index is 13.4. The molecule has 4 N–H and O–H groups in total. The van der Waals surface area contributed by atoms with Gasteiger partial charge in [-0.05, 0) is 92.3 Å². The van der Waals surface area contributed by atoms with E-state index in [1.807, 2.05) is 13.8 Å². The fourth-order valence-corrected chi connectivity index (χ4v) is 11.9. The summed E-state index contributed by atoms with van der Waals surface area (Å²) in [6.07, 6.45) is 7.03. The zero-order valence-electron chi connectivity index (χ0n) is 30.8. The Morgan fingerprint density at radius 1 is 1.09 bits per heavy atom. The third-order valence-electron chi connectivity index (χ3n) is 14.5. The Balaban J connectivity index is 1.51. The first kappa shape index (κ1) is 36.2. The Morgan fingerprint density at radius 3 is 2.40 bits per heavy atom. The molecule has 9 heteroatoms. The predicted molar refractivity (Wildman–Crippen MR) is 184 cm³/mol. The molecule has 0 unspecified atom stereocenters. The number of esters is 1. The molecule has 5 rings (SSSR count). The van der Waals surface area contributed by atoms with Gasteiger partial charge < -0.3 is 30.4 Å². The summed E-state index contributed by atoms with van der Waals surface area (Å²) >= 11 is 0. The number of fused-ring (bicyclic) bond motifs is 3. The largest absolute Gasteiger partial charge is 0.481 e. The van der Waals surface area contributed by atoms with Gasteiger partial charge in [0.05, 0.1) is 32.3 Å². The molecule has 266 valence electrons. The summed E-state index contributed by atoms with van der Waals surface area (Å²) in [5.74, 6) is 0.274. The van der Waals surface area contributed by atoms with Gasteiger partial charge in [0.2, 0.25) is 0 Å². The van der Waals surface area contributed by atoms with Gasteiger partial charge in [-0.3, -0.25) is 14.6 Å². The second-order valence-corrected chi connectivity index (χ2v) is 17.6. The highest BCUT2D eigenvalue weighted by molar-refractivity contribution is 5.78. The van der Waals surface area contributed by atoms with Crippen molar-refractivity contribution in [2.45, 2.75) is 126 Å². The van der Waals surface area contributed by atoms with Gasteiger partial charge in [0.1, 0.15) is 12.2 Å². The minimum absolute atomic E-state index is 0.170. The molecule has 0 aromatic carbocycles. The minimum Gasteiger partial charge on any atom is -0.481 e. The van der Waals surface area contributed by atoms with E-state index in [-0.39, 0.29) is 51.1 Å². The summed E-state index contributed by atoms with van der Waals surface area (Å²) in [4.78, 5) is 30.4. The molecular formula is C38H63N3O6. The number of hydrogen-bond donors (Lipinski definition) is 3. The maximum absolute atomic E-state index is 13.4. The van der Waals surface area contributed by atoms with Crippen LogP contribution >= 0.6 is 0 Å². The second-order valence-electron chi connectivity index (χ2n) is 17.6. The van der Waals surface area contributed by atoms with E-state index < -0.39 is 18.0 Å². The average Bonchev–Trinajstić information content (AvgIpc) is 2.95. The summed E-state index contributed by atoms with van der Waals surface area (Å²) in [6, 6.07) is 0.193. The molecule has 4 fully saturated rings. The molecule has 1 heterocycles. The van der Waals surface area contributed by atoms with Gasteiger partial charge in [-0.25, -0.2) is 0 Å². The van der Waals surface area contributed by atoms with Gasteiger partial charge in [-0.15, -0.1) is 0 Å². The van der Waals surface area contributed by atoms with E-state index in [0.29, 0.717) is 56.5 Å². The number of aliphatic carboxylic acids is 1. The Labute approximate surface area is 283 Å². The number of ether oxygens (including phenoxy) is 3. The number of carbonyl (C=O) groups excluding carboxylic acids is 1. The highest BCUT2D eigenvalue weighted by Crippen LogP contribution is 2.75. The normalized spacial score (nSPS) is 43.7. The SMILES string of the molecule is CC(=O)O[C@@H]1C[C@@]23COC[C@](C)([C@@H]2CC[C@H]2C3=CC[C@@]3(C)[C@H](C(=O)O)[C@@](C)([C@H](C)C(C)C)CC[C@]23C)[C@H]1OCCN=C(N)NC(C)C. The van der Waals surface area contributed by atoms with Crippen molar-refractivity contribution >= 4 is 17.9 Å². The molecule has 4 aliphatic carbocycles. The highest BCUT2D eigenvalue weighted by Gasteiger charge is 2.72. The fourth-order valence-electron chi connectivity index (χ4n) is 11.9. The highest BCUT2D eigenvalue weighted by atomic mass is 16.6. The van der Waals surface area contributed by atoms with Crippen molar-refractivity contribution in [2.24, 2.45) is 67.4 Å². The predicted octanol–water partition coefficient (Wildman–Crippen LogP) is 6.20. The number of rotatable bonds is 9. The van der Waals surface area contributed by atoms with Crippen LogP contribution in [0.4, 0.5) is 0 Å². The number of carbonyl (C=O) groups is 2. The van der Waals surface area contributed by atoms with E-state index in [1.54, 1.807) is 0 Å². The molecule has 0 aromatic heterocycles. The third kappa shape index (κ3) is 5.63. The zero-order valence-corrected chi connectivity index (χ0v) is 30.8. The summed E-state index contributed by atoms with van der Waals surface area (Å²) in [6.45, 7) is 23.4. The first-order chi connectivity index (χ1) is 21.9. The number of nitrogens with zero attached hydrogens (tertiary/aromatic N) is 1. The monoisotopic (exact) mass is 657 g/mol. The van der Waals surface area contributed by atoms with Crippen molar-refractivity contribution in [1.29, 1.82) is 0 Å². The number of carboxylic acid groups (broad SMARTS) is 1. The molecule has 1 saturated heterocycles. The lowest BCUT2D eigenvalue weighted by Gasteiger charge is -2.71. The molecule has 2 bridgehead atoms. The lowest BCUT2D eigenvalue weighted by molar-refractivity contribution is -0.266. The van der Waals surface area contributed by atoms with Crippen LogP contribution in [0.25, 0.3) is 0 Å².